The average Bonchev–Trinajstić information content (AvgIpc) is 2.76. The Morgan fingerprint density at radius 3 is 2.29 bits per heavy atom. The van der Waals surface area contributed by atoms with Gasteiger partial charge in [0.05, 0.1) is 12.8 Å². The largest absolute Gasteiger partial charge is 0.495 e. The molecule has 0 aromatic heterocycles. The Morgan fingerprint density at radius 2 is 1.62 bits per heavy atom. The number of nitrogens with zero attached hydrogens (tertiary/aromatic N) is 1. The highest BCUT2D eigenvalue weighted by atomic mass is 32.2. The van der Waals surface area contributed by atoms with Gasteiger partial charge >= 0.3 is 0 Å². The summed E-state index contributed by atoms with van der Waals surface area (Å²) in [7, 11) is -1.14. The smallest absolute Gasteiger partial charge is 0.285 e. The zero-order valence-electron chi connectivity index (χ0n) is 13.2. The van der Waals surface area contributed by atoms with Crippen LogP contribution in [0.15, 0.2) is 60.3 Å². The summed E-state index contributed by atoms with van der Waals surface area (Å²) in [6.45, 7) is 0. The van der Waals surface area contributed by atoms with Crippen molar-refractivity contribution in [2.24, 2.45) is 0 Å². The lowest BCUT2D eigenvalue weighted by Gasteiger charge is -2.11. The highest BCUT2D eigenvalue weighted by molar-refractivity contribution is 7.99. The highest BCUT2D eigenvalue weighted by Gasteiger charge is 2.42. The summed E-state index contributed by atoms with van der Waals surface area (Å²) < 4.78 is 31.3. The van der Waals surface area contributed by atoms with Crippen molar-refractivity contribution in [3.63, 3.8) is 0 Å². The van der Waals surface area contributed by atoms with E-state index in [2.05, 4.69) is 5.32 Å². The first-order valence-corrected chi connectivity index (χ1v) is 8.64. The van der Waals surface area contributed by atoms with Crippen LogP contribution in [0.2, 0.25) is 0 Å². The van der Waals surface area contributed by atoms with Gasteiger partial charge in [0.15, 0.2) is 0 Å². The third-order valence-electron chi connectivity index (χ3n) is 3.75. The maximum atomic E-state index is 12.6. The van der Waals surface area contributed by atoms with Crippen molar-refractivity contribution in [3.05, 3.63) is 65.9 Å². The lowest BCUT2D eigenvalue weighted by atomic mass is 10.1. The second-order valence-electron chi connectivity index (χ2n) is 5.17. The normalized spacial score (nSPS) is 16.4. The molecule has 1 aliphatic heterocycles. The van der Waals surface area contributed by atoms with Gasteiger partial charge < -0.3 is 10.1 Å². The monoisotopic (exact) mass is 344 g/mol. The molecule has 0 unspecified atom stereocenters. The Balaban J connectivity index is 2.18. The highest BCUT2D eigenvalue weighted by Crippen LogP contribution is 2.36. The van der Waals surface area contributed by atoms with Crippen LogP contribution in [-0.4, -0.2) is 32.8 Å². The molecule has 124 valence electrons. The molecule has 0 radical (unpaired) electrons. The van der Waals surface area contributed by atoms with E-state index in [0.717, 1.165) is 4.31 Å². The van der Waals surface area contributed by atoms with Gasteiger partial charge in [-0.3, -0.25) is 4.79 Å². The number of methoxy groups -OCH3 is 1. The molecule has 24 heavy (non-hydrogen) atoms. The fourth-order valence-electron chi connectivity index (χ4n) is 2.51. The first-order valence-electron chi connectivity index (χ1n) is 7.20. The van der Waals surface area contributed by atoms with Gasteiger partial charge in [0.2, 0.25) is 0 Å². The molecule has 7 heteroatoms. The molecule has 0 bridgehead atoms. The number of hydrogen-bond donors (Lipinski definition) is 1. The average molecular weight is 344 g/mol. The molecule has 3 rings (SSSR count). The number of carbonyl (C=O) groups is 1. The maximum Gasteiger partial charge on any atom is 0.285 e. The Hall–Kier alpha value is -2.80. The SMILES string of the molecule is COc1ccccc1NC1=C(c2ccccc2)S(=O)(=O)N(C)C1=O. The van der Waals surface area contributed by atoms with Crippen molar-refractivity contribution < 1.29 is 17.9 Å². The Morgan fingerprint density at radius 1 is 1.00 bits per heavy atom. The number of anilines is 1. The minimum absolute atomic E-state index is 0.00759. The van der Waals surface area contributed by atoms with Crippen LogP contribution in [0.3, 0.4) is 0 Å². The van der Waals surface area contributed by atoms with Gasteiger partial charge in [-0.15, -0.1) is 0 Å². The standard InChI is InChI=1S/C17H16N2O4S/c1-19-17(20)15(18-13-10-6-7-11-14(13)23-2)16(24(19,21)22)12-8-4-3-5-9-12/h3-11,18H,1-2H3. The summed E-state index contributed by atoms with van der Waals surface area (Å²) in [5.41, 5.74) is 0.975. The van der Waals surface area contributed by atoms with Crippen LogP contribution in [0.5, 0.6) is 5.75 Å². The number of carbonyl (C=O) groups excluding carboxylic acids is 1. The minimum Gasteiger partial charge on any atom is -0.495 e. The van der Waals surface area contributed by atoms with Crippen LogP contribution in [0, 0.1) is 0 Å². The van der Waals surface area contributed by atoms with E-state index in [9.17, 15) is 13.2 Å². The molecule has 0 aliphatic carbocycles. The molecule has 1 N–H and O–H groups in total. The number of nitrogens with one attached hydrogen (secondary N) is 1. The molecule has 1 heterocycles. The second kappa shape index (κ2) is 6.01. The molecule has 0 saturated heterocycles. The van der Waals surface area contributed by atoms with Crippen LogP contribution < -0.4 is 10.1 Å². The fourth-order valence-corrected chi connectivity index (χ4v) is 3.92. The fraction of sp³-hybridized carbons (Fsp3) is 0.118. The van der Waals surface area contributed by atoms with Crippen molar-refractivity contribution in [2.45, 2.75) is 0 Å². The molecule has 0 atom stereocenters. The van der Waals surface area contributed by atoms with Crippen LogP contribution in [0.1, 0.15) is 5.56 Å². The van der Waals surface area contributed by atoms with E-state index in [1.54, 1.807) is 54.6 Å². The lowest BCUT2D eigenvalue weighted by molar-refractivity contribution is -0.121. The van der Waals surface area contributed by atoms with E-state index in [1.807, 2.05) is 0 Å². The van der Waals surface area contributed by atoms with Crippen molar-refractivity contribution >= 4 is 26.5 Å². The molecular formula is C17H16N2O4S. The van der Waals surface area contributed by atoms with Gasteiger partial charge in [0, 0.05) is 7.05 Å². The number of hydrogen-bond acceptors (Lipinski definition) is 5. The zero-order chi connectivity index (χ0) is 17.3. The predicted octanol–water partition coefficient (Wildman–Crippen LogP) is 2.28. The summed E-state index contributed by atoms with van der Waals surface area (Å²) in [6, 6.07) is 15.5. The van der Waals surface area contributed by atoms with E-state index in [4.69, 9.17) is 4.74 Å². The number of rotatable bonds is 4. The topological polar surface area (TPSA) is 75.7 Å². The van der Waals surface area contributed by atoms with Gasteiger partial charge in [-0.2, -0.15) is 0 Å². The van der Waals surface area contributed by atoms with E-state index >= 15 is 0 Å². The number of likely N-dealkylation sites (N-methyl/N-ethyl adjacent to an activating group) is 1. The summed E-state index contributed by atoms with van der Waals surface area (Å²) in [5.74, 6) is -0.100. The third kappa shape index (κ3) is 2.52. The Bertz CT molecular complexity index is 921. The van der Waals surface area contributed by atoms with Gasteiger partial charge in [-0.25, -0.2) is 12.7 Å². The number of sulfonamides is 1. The van der Waals surface area contributed by atoms with Crippen molar-refractivity contribution in [1.82, 2.24) is 4.31 Å². The summed E-state index contributed by atoms with van der Waals surface area (Å²) in [6.07, 6.45) is 0. The van der Waals surface area contributed by atoms with Gasteiger partial charge in [0.1, 0.15) is 16.4 Å². The van der Waals surface area contributed by atoms with Crippen LogP contribution in [0.25, 0.3) is 4.91 Å². The molecule has 1 aliphatic rings. The first-order chi connectivity index (χ1) is 11.5. The van der Waals surface area contributed by atoms with Crippen molar-refractivity contribution in [3.8, 4) is 5.75 Å². The van der Waals surface area contributed by atoms with Crippen LogP contribution in [-0.2, 0) is 14.8 Å². The quantitative estimate of drug-likeness (QED) is 0.921. The van der Waals surface area contributed by atoms with Gasteiger partial charge in [-0.1, -0.05) is 42.5 Å². The van der Waals surface area contributed by atoms with E-state index in [-0.39, 0.29) is 10.6 Å². The molecule has 2 aromatic carbocycles. The van der Waals surface area contributed by atoms with E-state index in [0.29, 0.717) is 17.0 Å². The Labute approximate surface area is 140 Å². The van der Waals surface area contributed by atoms with Crippen LogP contribution >= 0.6 is 0 Å². The van der Waals surface area contributed by atoms with Crippen LogP contribution in [0.4, 0.5) is 5.69 Å². The maximum absolute atomic E-state index is 12.6. The first kappa shape index (κ1) is 16.1. The van der Waals surface area contributed by atoms with Gasteiger partial charge in [0.25, 0.3) is 15.9 Å². The third-order valence-corrected chi connectivity index (χ3v) is 5.59. The summed E-state index contributed by atoms with van der Waals surface area (Å²) in [4.78, 5) is 12.5. The lowest BCUT2D eigenvalue weighted by Crippen LogP contribution is -2.28. The van der Waals surface area contributed by atoms with E-state index in [1.165, 1.54) is 14.2 Å². The minimum atomic E-state index is -3.90. The Kier molecular flexibility index (Phi) is 4.02. The number of ether oxygens (including phenoxy) is 1. The molecule has 6 nitrogen and oxygen atoms in total. The summed E-state index contributed by atoms with van der Waals surface area (Å²) in [5, 5.41) is 2.93. The molecule has 2 aromatic rings. The number of amides is 1. The zero-order valence-corrected chi connectivity index (χ0v) is 14.0. The number of para-hydroxylation sites is 2. The molecule has 0 saturated carbocycles. The van der Waals surface area contributed by atoms with E-state index < -0.39 is 15.9 Å². The van der Waals surface area contributed by atoms with Crippen molar-refractivity contribution in [2.75, 3.05) is 19.5 Å². The molecular weight excluding hydrogens is 328 g/mol. The summed E-state index contributed by atoms with van der Waals surface area (Å²) >= 11 is 0. The van der Waals surface area contributed by atoms with Crippen molar-refractivity contribution in [1.29, 1.82) is 0 Å². The number of benzene rings is 2. The predicted molar refractivity (Wildman–Crippen MR) is 91.7 cm³/mol. The second-order valence-corrected chi connectivity index (χ2v) is 7.08. The molecule has 0 spiro atoms. The molecule has 1 amide bonds. The van der Waals surface area contributed by atoms with Gasteiger partial charge in [-0.05, 0) is 17.7 Å². The molecule has 0 fully saturated rings.